The molecule has 0 unspecified atom stereocenters. The van der Waals surface area contributed by atoms with Crippen LogP contribution in [0.4, 0.5) is 0 Å². The van der Waals surface area contributed by atoms with Crippen molar-refractivity contribution in [2.45, 2.75) is 32.7 Å². The minimum absolute atomic E-state index is 0.152. The number of nitrogens with one attached hydrogen (secondary N) is 1. The summed E-state index contributed by atoms with van der Waals surface area (Å²) in [6.45, 7) is 5.40. The summed E-state index contributed by atoms with van der Waals surface area (Å²) >= 11 is 0. The predicted octanol–water partition coefficient (Wildman–Crippen LogP) is 4.72. The quantitative estimate of drug-likeness (QED) is 0.547. The second kappa shape index (κ2) is 10.6. The van der Waals surface area contributed by atoms with Gasteiger partial charge in [0.1, 0.15) is 5.75 Å². The third kappa shape index (κ3) is 5.60. The largest absolute Gasteiger partial charge is 0.494 e. The molecule has 33 heavy (non-hydrogen) atoms. The van der Waals surface area contributed by atoms with Crippen LogP contribution in [0.1, 0.15) is 30.9 Å². The van der Waals surface area contributed by atoms with E-state index in [0.717, 1.165) is 55.8 Å². The number of aromatic nitrogens is 1. The van der Waals surface area contributed by atoms with Crippen LogP contribution >= 0.6 is 0 Å². The van der Waals surface area contributed by atoms with Crippen molar-refractivity contribution in [3.63, 3.8) is 0 Å². The molecule has 0 radical (unpaired) electrons. The zero-order chi connectivity index (χ0) is 23.1. The van der Waals surface area contributed by atoms with E-state index in [-0.39, 0.29) is 11.3 Å². The van der Waals surface area contributed by atoms with Gasteiger partial charge in [0, 0.05) is 26.0 Å². The number of hydrogen-bond donors (Lipinski definition) is 1. The van der Waals surface area contributed by atoms with Gasteiger partial charge in [-0.25, -0.2) is 0 Å². The molecular formula is C28H33N3O2. The lowest BCUT2D eigenvalue weighted by Crippen LogP contribution is -2.49. The minimum atomic E-state index is -0.361. The number of ether oxygens (including phenoxy) is 1. The molecule has 1 amide bonds. The van der Waals surface area contributed by atoms with Crippen LogP contribution in [0.25, 0.3) is 11.1 Å². The summed E-state index contributed by atoms with van der Waals surface area (Å²) in [7, 11) is 1.75. The molecule has 5 heteroatoms. The van der Waals surface area contributed by atoms with E-state index < -0.39 is 0 Å². The first-order valence-corrected chi connectivity index (χ1v) is 11.8. The van der Waals surface area contributed by atoms with Gasteiger partial charge in [0.15, 0.2) is 0 Å². The first kappa shape index (κ1) is 23.0. The van der Waals surface area contributed by atoms with E-state index in [0.29, 0.717) is 6.61 Å². The molecule has 1 fully saturated rings. The first-order chi connectivity index (χ1) is 16.1. The summed E-state index contributed by atoms with van der Waals surface area (Å²) in [5, 5.41) is 2.94. The molecule has 172 valence electrons. The molecule has 1 aliphatic rings. The van der Waals surface area contributed by atoms with Crippen molar-refractivity contribution in [1.29, 1.82) is 0 Å². The topological polar surface area (TPSA) is 54.5 Å². The van der Waals surface area contributed by atoms with Crippen molar-refractivity contribution in [3.8, 4) is 16.9 Å². The number of carbonyl (C=O) groups is 1. The van der Waals surface area contributed by atoms with Crippen LogP contribution in [-0.4, -0.2) is 42.5 Å². The van der Waals surface area contributed by atoms with Crippen molar-refractivity contribution in [1.82, 2.24) is 15.2 Å². The molecule has 0 spiro atoms. The van der Waals surface area contributed by atoms with Gasteiger partial charge in [-0.05, 0) is 79.7 Å². The fourth-order valence-electron chi connectivity index (χ4n) is 4.74. The summed E-state index contributed by atoms with van der Waals surface area (Å²) < 4.78 is 5.54. The summed E-state index contributed by atoms with van der Waals surface area (Å²) in [5.41, 5.74) is 4.36. The fraction of sp³-hybridized carbons (Fsp3) is 0.357. The van der Waals surface area contributed by atoms with E-state index in [1.54, 1.807) is 13.2 Å². The van der Waals surface area contributed by atoms with E-state index in [4.69, 9.17) is 4.74 Å². The van der Waals surface area contributed by atoms with Gasteiger partial charge in [-0.15, -0.1) is 0 Å². The van der Waals surface area contributed by atoms with E-state index >= 15 is 0 Å². The summed E-state index contributed by atoms with van der Waals surface area (Å²) in [5.74, 6) is 1.06. The predicted molar refractivity (Wildman–Crippen MR) is 132 cm³/mol. The van der Waals surface area contributed by atoms with Gasteiger partial charge < -0.3 is 10.1 Å². The molecule has 0 saturated carbocycles. The van der Waals surface area contributed by atoms with Crippen molar-refractivity contribution >= 4 is 5.91 Å². The Balaban J connectivity index is 1.41. The molecule has 1 saturated heterocycles. The highest BCUT2D eigenvalue weighted by Crippen LogP contribution is 2.36. The number of rotatable bonds is 8. The molecule has 5 nitrogen and oxygen atoms in total. The van der Waals surface area contributed by atoms with Gasteiger partial charge in [-0.3, -0.25) is 14.7 Å². The Bertz CT molecular complexity index is 1030. The average molecular weight is 444 g/mol. The Morgan fingerprint density at radius 1 is 1.00 bits per heavy atom. The van der Waals surface area contributed by atoms with Crippen LogP contribution < -0.4 is 10.1 Å². The number of piperidine rings is 1. The molecule has 2 aromatic carbocycles. The van der Waals surface area contributed by atoms with E-state index in [1.807, 2.05) is 31.3 Å². The van der Waals surface area contributed by atoms with E-state index in [9.17, 15) is 4.79 Å². The highest BCUT2D eigenvalue weighted by Gasteiger charge is 2.40. The number of pyridine rings is 1. The Morgan fingerprint density at radius 2 is 1.70 bits per heavy atom. The lowest BCUT2D eigenvalue weighted by molar-refractivity contribution is -0.133. The van der Waals surface area contributed by atoms with Crippen LogP contribution in [0.3, 0.4) is 0 Å². The zero-order valence-electron chi connectivity index (χ0n) is 19.6. The molecule has 1 aliphatic heterocycles. The molecular weight excluding hydrogens is 410 g/mol. The Kier molecular flexibility index (Phi) is 7.40. The van der Waals surface area contributed by atoms with Crippen LogP contribution in [0, 0.1) is 5.41 Å². The monoisotopic (exact) mass is 443 g/mol. The van der Waals surface area contributed by atoms with Crippen molar-refractivity contribution in [2.24, 2.45) is 5.41 Å². The molecule has 1 N–H and O–H groups in total. The zero-order valence-corrected chi connectivity index (χ0v) is 19.6. The highest BCUT2D eigenvalue weighted by atomic mass is 16.5. The number of hydrogen-bond acceptors (Lipinski definition) is 4. The summed E-state index contributed by atoms with van der Waals surface area (Å²) in [6, 6.07) is 20.9. The number of benzene rings is 2. The minimum Gasteiger partial charge on any atom is -0.494 e. The van der Waals surface area contributed by atoms with Crippen molar-refractivity contribution in [3.05, 3.63) is 84.2 Å². The van der Waals surface area contributed by atoms with Gasteiger partial charge in [0.2, 0.25) is 5.91 Å². The standard InChI is InChI=1S/C28H33N3O2/c1-3-33-26-12-8-23(9-13-26)21-31-17-14-28(15-18-31,27(32)29-2)19-22-6-10-24(11-7-22)25-5-4-16-30-20-25/h4-13,16,20H,3,14-15,17-19,21H2,1-2H3,(H,29,32). The maximum absolute atomic E-state index is 13.0. The molecule has 0 bridgehead atoms. The van der Waals surface area contributed by atoms with Crippen LogP contribution in [0.2, 0.25) is 0 Å². The maximum Gasteiger partial charge on any atom is 0.226 e. The lowest BCUT2D eigenvalue weighted by Gasteiger charge is -2.40. The summed E-state index contributed by atoms with van der Waals surface area (Å²) in [4.78, 5) is 19.6. The van der Waals surface area contributed by atoms with Crippen LogP contribution in [-0.2, 0) is 17.8 Å². The first-order valence-electron chi connectivity index (χ1n) is 11.8. The van der Waals surface area contributed by atoms with Gasteiger partial charge in [-0.1, -0.05) is 42.5 Å². The Morgan fingerprint density at radius 3 is 2.30 bits per heavy atom. The third-order valence-corrected chi connectivity index (χ3v) is 6.65. The van der Waals surface area contributed by atoms with Gasteiger partial charge in [0.25, 0.3) is 0 Å². The second-order valence-electron chi connectivity index (χ2n) is 8.83. The smallest absolute Gasteiger partial charge is 0.226 e. The van der Waals surface area contributed by atoms with Gasteiger partial charge >= 0.3 is 0 Å². The Hall–Kier alpha value is -3.18. The number of amides is 1. The molecule has 4 rings (SSSR count). The maximum atomic E-state index is 13.0. The van der Waals surface area contributed by atoms with Crippen molar-refractivity contribution in [2.75, 3.05) is 26.7 Å². The van der Waals surface area contributed by atoms with Crippen LogP contribution in [0.5, 0.6) is 5.75 Å². The normalized spacial score (nSPS) is 15.7. The Labute approximate surface area is 196 Å². The van der Waals surface area contributed by atoms with Crippen LogP contribution in [0.15, 0.2) is 73.1 Å². The number of likely N-dealkylation sites (tertiary alicyclic amines) is 1. The molecule has 0 aliphatic carbocycles. The van der Waals surface area contributed by atoms with Gasteiger partial charge in [-0.2, -0.15) is 0 Å². The number of nitrogens with zero attached hydrogens (tertiary/aromatic N) is 2. The lowest BCUT2D eigenvalue weighted by atomic mass is 9.73. The number of carbonyl (C=O) groups excluding carboxylic acids is 1. The van der Waals surface area contributed by atoms with E-state index in [1.165, 1.54) is 11.1 Å². The SMILES string of the molecule is CCOc1ccc(CN2CCC(Cc3ccc(-c4cccnc4)cc3)(C(=O)NC)CC2)cc1. The second-order valence-corrected chi connectivity index (χ2v) is 8.83. The summed E-state index contributed by atoms with van der Waals surface area (Å²) in [6.07, 6.45) is 6.13. The molecule has 0 atom stereocenters. The molecule has 2 heterocycles. The third-order valence-electron chi connectivity index (χ3n) is 6.65. The fourth-order valence-corrected chi connectivity index (χ4v) is 4.74. The average Bonchev–Trinajstić information content (AvgIpc) is 2.87. The van der Waals surface area contributed by atoms with E-state index in [2.05, 4.69) is 57.7 Å². The highest BCUT2D eigenvalue weighted by molar-refractivity contribution is 5.83. The van der Waals surface area contributed by atoms with Crippen molar-refractivity contribution < 1.29 is 9.53 Å². The van der Waals surface area contributed by atoms with Gasteiger partial charge in [0.05, 0.1) is 12.0 Å². The molecule has 3 aromatic rings. The molecule has 1 aromatic heterocycles.